The minimum atomic E-state index is -0.277. The highest BCUT2D eigenvalue weighted by Crippen LogP contribution is 2.19. The molecule has 8 nitrogen and oxygen atoms in total. The number of nitrogens with two attached hydrogens (primary N) is 1. The van der Waals surface area contributed by atoms with Gasteiger partial charge in [0.1, 0.15) is 0 Å². The lowest BCUT2D eigenvalue weighted by Crippen LogP contribution is -2.48. The normalized spacial score (nSPS) is 18.1. The zero-order valence-electron chi connectivity index (χ0n) is 13.9. The Balaban J connectivity index is 1.83. The van der Waals surface area contributed by atoms with E-state index in [-0.39, 0.29) is 24.3 Å². The van der Waals surface area contributed by atoms with Crippen molar-refractivity contribution in [2.24, 2.45) is 16.6 Å². The highest BCUT2D eigenvalue weighted by atomic mass is 16.2. The molecule has 130 valence electrons. The summed E-state index contributed by atoms with van der Waals surface area (Å²) in [6.45, 7) is 1.67. The van der Waals surface area contributed by atoms with Crippen molar-refractivity contribution in [1.29, 1.82) is 0 Å². The molecule has 1 aliphatic heterocycles. The first kappa shape index (κ1) is 17.7. The van der Waals surface area contributed by atoms with Crippen LogP contribution in [0.5, 0.6) is 0 Å². The van der Waals surface area contributed by atoms with Gasteiger partial charge in [-0.15, -0.1) is 0 Å². The molecule has 0 aliphatic carbocycles. The molecule has 0 radical (unpaired) electrons. The SMILES string of the molecule is CN=C(NCC(=O)Nc1cccnc1)N1CCCC(CC(N)=O)C1. The number of aromatic nitrogens is 1. The Kier molecular flexibility index (Phi) is 6.53. The van der Waals surface area contributed by atoms with Gasteiger partial charge in [0.2, 0.25) is 11.8 Å². The highest BCUT2D eigenvalue weighted by Gasteiger charge is 2.23. The molecule has 2 amide bonds. The van der Waals surface area contributed by atoms with Crippen molar-refractivity contribution in [2.45, 2.75) is 19.3 Å². The second-order valence-electron chi connectivity index (χ2n) is 5.82. The minimum Gasteiger partial charge on any atom is -0.370 e. The van der Waals surface area contributed by atoms with Crippen LogP contribution in [0.1, 0.15) is 19.3 Å². The van der Waals surface area contributed by atoms with E-state index in [4.69, 9.17) is 5.73 Å². The van der Waals surface area contributed by atoms with Crippen LogP contribution < -0.4 is 16.4 Å². The maximum Gasteiger partial charge on any atom is 0.243 e. The Bertz CT molecular complexity index is 589. The molecule has 1 aliphatic rings. The molecule has 1 saturated heterocycles. The number of pyridine rings is 1. The Morgan fingerprint density at radius 1 is 1.50 bits per heavy atom. The van der Waals surface area contributed by atoms with Crippen LogP contribution in [0.15, 0.2) is 29.5 Å². The Morgan fingerprint density at radius 3 is 3.00 bits per heavy atom. The summed E-state index contributed by atoms with van der Waals surface area (Å²) in [6, 6.07) is 3.54. The average Bonchev–Trinajstić information content (AvgIpc) is 2.56. The van der Waals surface area contributed by atoms with Crippen molar-refractivity contribution in [3.63, 3.8) is 0 Å². The first-order valence-electron chi connectivity index (χ1n) is 8.02. The summed E-state index contributed by atoms with van der Waals surface area (Å²) in [4.78, 5) is 33.3. The first-order chi connectivity index (χ1) is 11.6. The van der Waals surface area contributed by atoms with E-state index in [0.29, 0.717) is 24.6 Å². The third-order valence-electron chi connectivity index (χ3n) is 3.87. The molecule has 24 heavy (non-hydrogen) atoms. The Hall–Kier alpha value is -2.64. The topological polar surface area (TPSA) is 113 Å². The van der Waals surface area contributed by atoms with Gasteiger partial charge in [-0.25, -0.2) is 0 Å². The van der Waals surface area contributed by atoms with E-state index < -0.39 is 0 Å². The van der Waals surface area contributed by atoms with E-state index in [9.17, 15) is 9.59 Å². The fourth-order valence-corrected chi connectivity index (χ4v) is 2.84. The molecule has 8 heteroatoms. The summed E-state index contributed by atoms with van der Waals surface area (Å²) in [6.07, 6.45) is 5.58. The summed E-state index contributed by atoms with van der Waals surface area (Å²) in [7, 11) is 1.68. The number of rotatable bonds is 5. The predicted octanol–water partition coefficient (Wildman–Crippen LogP) is 0.183. The van der Waals surface area contributed by atoms with Crippen LogP contribution in [0, 0.1) is 5.92 Å². The number of hydrogen-bond donors (Lipinski definition) is 3. The summed E-state index contributed by atoms with van der Waals surface area (Å²) in [5, 5.41) is 5.82. The summed E-state index contributed by atoms with van der Waals surface area (Å²) in [5.74, 6) is 0.444. The number of carbonyl (C=O) groups is 2. The van der Waals surface area contributed by atoms with E-state index in [0.717, 1.165) is 19.4 Å². The van der Waals surface area contributed by atoms with Crippen molar-refractivity contribution in [3.05, 3.63) is 24.5 Å². The number of carbonyl (C=O) groups excluding carboxylic acids is 2. The lowest BCUT2D eigenvalue weighted by Gasteiger charge is -2.34. The molecule has 1 atom stereocenters. The van der Waals surface area contributed by atoms with E-state index in [1.165, 1.54) is 0 Å². The zero-order valence-corrected chi connectivity index (χ0v) is 13.9. The number of likely N-dealkylation sites (tertiary alicyclic amines) is 1. The number of hydrogen-bond acceptors (Lipinski definition) is 4. The van der Waals surface area contributed by atoms with Crippen LogP contribution in [0.25, 0.3) is 0 Å². The van der Waals surface area contributed by atoms with Crippen molar-refractivity contribution in [1.82, 2.24) is 15.2 Å². The van der Waals surface area contributed by atoms with E-state index in [1.807, 2.05) is 0 Å². The van der Waals surface area contributed by atoms with E-state index in [1.54, 1.807) is 31.6 Å². The molecule has 0 aromatic carbocycles. The molecular weight excluding hydrogens is 308 g/mol. The molecule has 0 bridgehead atoms. The maximum absolute atomic E-state index is 12.0. The molecule has 0 spiro atoms. The molecule has 2 rings (SSSR count). The summed E-state index contributed by atoms with van der Waals surface area (Å²) < 4.78 is 0. The maximum atomic E-state index is 12.0. The number of piperidine rings is 1. The lowest BCUT2D eigenvalue weighted by molar-refractivity contribution is -0.119. The number of nitrogens with zero attached hydrogens (tertiary/aromatic N) is 3. The number of anilines is 1. The molecule has 2 heterocycles. The van der Waals surface area contributed by atoms with Gasteiger partial charge in [-0.05, 0) is 30.9 Å². The monoisotopic (exact) mass is 332 g/mol. The number of primary amides is 1. The molecular formula is C16H24N6O2. The average molecular weight is 332 g/mol. The van der Waals surface area contributed by atoms with Gasteiger partial charge in [-0.2, -0.15) is 0 Å². The van der Waals surface area contributed by atoms with E-state index in [2.05, 4.69) is 25.5 Å². The van der Waals surface area contributed by atoms with Gasteiger partial charge in [0.15, 0.2) is 5.96 Å². The third-order valence-corrected chi connectivity index (χ3v) is 3.87. The largest absolute Gasteiger partial charge is 0.370 e. The third kappa shape index (κ3) is 5.53. The van der Waals surface area contributed by atoms with Crippen LogP contribution in [-0.4, -0.2) is 54.3 Å². The van der Waals surface area contributed by atoms with Gasteiger partial charge in [-0.1, -0.05) is 0 Å². The first-order valence-corrected chi connectivity index (χ1v) is 8.02. The molecule has 1 aromatic rings. The zero-order chi connectivity index (χ0) is 17.4. The highest BCUT2D eigenvalue weighted by molar-refractivity contribution is 5.94. The quantitative estimate of drug-likeness (QED) is 0.526. The van der Waals surface area contributed by atoms with Crippen LogP contribution in [-0.2, 0) is 9.59 Å². The second kappa shape index (κ2) is 8.85. The van der Waals surface area contributed by atoms with Crippen molar-refractivity contribution < 1.29 is 9.59 Å². The van der Waals surface area contributed by atoms with Gasteiger partial charge < -0.3 is 21.3 Å². The van der Waals surface area contributed by atoms with Crippen LogP contribution in [0.4, 0.5) is 5.69 Å². The van der Waals surface area contributed by atoms with Crippen molar-refractivity contribution >= 4 is 23.5 Å². The summed E-state index contributed by atoms with van der Waals surface area (Å²) >= 11 is 0. The van der Waals surface area contributed by atoms with Crippen LogP contribution in [0.2, 0.25) is 0 Å². The summed E-state index contributed by atoms with van der Waals surface area (Å²) in [5.41, 5.74) is 5.94. The Morgan fingerprint density at radius 2 is 2.33 bits per heavy atom. The number of guanidine groups is 1. The minimum absolute atomic E-state index is 0.110. The molecule has 0 saturated carbocycles. The van der Waals surface area contributed by atoms with Gasteiger partial charge in [0.05, 0.1) is 18.4 Å². The fourth-order valence-electron chi connectivity index (χ4n) is 2.84. The molecule has 4 N–H and O–H groups in total. The lowest BCUT2D eigenvalue weighted by atomic mass is 9.95. The van der Waals surface area contributed by atoms with Crippen molar-refractivity contribution in [2.75, 3.05) is 32.0 Å². The number of nitrogens with one attached hydrogen (secondary N) is 2. The number of amides is 2. The van der Waals surface area contributed by atoms with Crippen molar-refractivity contribution in [3.8, 4) is 0 Å². The van der Waals surface area contributed by atoms with Gasteiger partial charge >= 0.3 is 0 Å². The molecule has 1 fully saturated rings. The van der Waals surface area contributed by atoms with Crippen LogP contribution in [0.3, 0.4) is 0 Å². The second-order valence-corrected chi connectivity index (χ2v) is 5.82. The fraction of sp³-hybridized carbons (Fsp3) is 0.500. The van der Waals surface area contributed by atoms with Crippen LogP contribution >= 0.6 is 0 Å². The van der Waals surface area contributed by atoms with E-state index >= 15 is 0 Å². The smallest absolute Gasteiger partial charge is 0.243 e. The molecule has 1 aromatic heterocycles. The molecule has 1 unspecified atom stereocenters. The standard InChI is InChI=1S/C16H24N6O2/c1-18-16(22-7-3-4-12(11-22)8-14(17)23)20-10-15(24)21-13-5-2-6-19-9-13/h2,5-6,9,12H,3-4,7-8,10-11H2,1H3,(H2,17,23)(H,18,20)(H,21,24). The predicted molar refractivity (Wildman–Crippen MR) is 92.3 cm³/mol. The van der Waals surface area contributed by atoms with Gasteiger partial charge in [0, 0.05) is 32.8 Å². The van der Waals surface area contributed by atoms with Gasteiger partial charge in [-0.3, -0.25) is 19.6 Å². The Labute approximate surface area is 141 Å². The number of aliphatic imine (C=N–C) groups is 1. The van der Waals surface area contributed by atoms with Gasteiger partial charge in [0.25, 0.3) is 0 Å².